The highest BCUT2D eigenvalue weighted by atomic mass is 16.1. The van der Waals surface area contributed by atoms with E-state index in [0.29, 0.717) is 12.5 Å². The van der Waals surface area contributed by atoms with E-state index in [1.165, 1.54) is 5.56 Å². The number of carbonyl (C=O) groups is 1. The van der Waals surface area contributed by atoms with Crippen molar-refractivity contribution < 1.29 is 4.79 Å². The molecule has 1 N–H and O–H groups in total. The van der Waals surface area contributed by atoms with Crippen molar-refractivity contribution in [3.63, 3.8) is 0 Å². The molecule has 1 fully saturated rings. The van der Waals surface area contributed by atoms with Crippen LogP contribution in [0.2, 0.25) is 0 Å². The molecule has 1 amide bonds. The minimum Gasteiger partial charge on any atom is -0.355 e. The second kappa shape index (κ2) is 8.10. The van der Waals surface area contributed by atoms with Gasteiger partial charge in [-0.2, -0.15) is 0 Å². The van der Waals surface area contributed by atoms with E-state index < -0.39 is 0 Å². The molecule has 1 aliphatic heterocycles. The first-order valence-electron chi connectivity index (χ1n) is 9.00. The highest BCUT2D eigenvalue weighted by molar-refractivity contribution is 5.79. The van der Waals surface area contributed by atoms with Crippen LogP contribution in [0.25, 0.3) is 0 Å². The number of amides is 1. The fourth-order valence-corrected chi connectivity index (χ4v) is 3.23. The zero-order chi connectivity index (χ0) is 17.6. The van der Waals surface area contributed by atoms with Gasteiger partial charge in [0, 0.05) is 37.4 Å². The van der Waals surface area contributed by atoms with Crippen LogP contribution in [0.4, 0.5) is 5.95 Å². The molecular formula is C20H26N4O. The van der Waals surface area contributed by atoms with Crippen LogP contribution in [0.1, 0.15) is 36.9 Å². The molecule has 132 valence electrons. The second-order valence-corrected chi connectivity index (χ2v) is 6.82. The summed E-state index contributed by atoms with van der Waals surface area (Å²) in [6.45, 7) is 6.46. The molecule has 1 aromatic carbocycles. The summed E-state index contributed by atoms with van der Waals surface area (Å²) in [7, 11) is 0. The van der Waals surface area contributed by atoms with Gasteiger partial charge in [0.1, 0.15) is 0 Å². The average molecular weight is 338 g/mol. The van der Waals surface area contributed by atoms with Crippen molar-refractivity contribution in [3.8, 4) is 0 Å². The maximum absolute atomic E-state index is 12.5. The minimum absolute atomic E-state index is 0.0871. The van der Waals surface area contributed by atoms with E-state index in [-0.39, 0.29) is 11.8 Å². The van der Waals surface area contributed by atoms with Crippen LogP contribution in [0.3, 0.4) is 0 Å². The normalized spacial score (nSPS) is 16.5. The summed E-state index contributed by atoms with van der Waals surface area (Å²) in [5.41, 5.74) is 2.23. The Labute approximate surface area is 149 Å². The van der Waals surface area contributed by atoms with E-state index in [4.69, 9.17) is 0 Å². The predicted octanol–water partition coefficient (Wildman–Crippen LogP) is 2.92. The van der Waals surface area contributed by atoms with E-state index in [2.05, 4.69) is 39.2 Å². The summed E-state index contributed by atoms with van der Waals surface area (Å²) in [6.07, 6.45) is 3.49. The number of hydrogen-bond acceptors (Lipinski definition) is 4. The standard InChI is InChI=1S/C20H26N4O/c1-15(17-6-4-3-5-7-17)14-22-19(25)18-9-12-24(13-10-18)20-21-11-8-16(2)23-20/h3-8,11,15,18H,9-10,12-14H2,1-2H3,(H,22,25)/t15-/m1/s1. The van der Waals surface area contributed by atoms with Gasteiger partial charge in [-0.1, -0.05) is 37.3 Å². The average Bonchev–Trinajstić information content (AvgIpc) is 2.66. The van der Waals surface area contributed by atoms with Gasteiger partial charge in [-0.05, 0) is 37.3 Å². The van der Waals surface area contributed by atoms with Crippen LogP contribution < -0.4 is 10.2 Å². The Hall–Kier alpha value is -2.43. The molecule has 0 aliphatic carbocycles. The molecule has 0 unspecified atom stereocenters. The second-order valence-electron chi connectivity index (χ2n) is 6.82. The van der Waals surface area contributed by atoms with Crippen molar-refractivity contribution in [2.45, 2.75) is 32.6 Å². The first-order chi connectivity index (χ1) is 12.1. The van der Waals surface area contributed by atoms with Gasteiger partial charge in [0.05, 0.1) is 0 Å². The topological polar surface area (TPSA) is 58.1 Å². The summed E-state index contributed by atoms with van der Waals surface area (Å²) in [5.74, 6) is 1.36. The van der Waals surface area contributed by atoms with Crippen molar-refractivity contribution >= 4 is 11.9 Å². The monoisotopic (exact) mass is 338 g/mol. The van der Waals surface area contributed by atoms with E-state index in [1.54, 1.807) is 6.20 Å². The number of carbonyl (C=O) groups excluding carboxylic acids is 1. The Morgan fingerprint density at radius 3 is 2.64 bits per heavy atom. The molecule has 1 aliphatic rings. The Morgan fingerprint density at radius 2 is 1.96 bits per heavy atom. The van der Waals surface area contributed by atoms with Gasteiger partial charge >= 0.3 is 0 Å². The van der Waals surface area contributed by atoms with Crippen LogP contribution in [0.15, 0.2) is 42.6 Å². The van der Waals surface area contributed by atoms with Gasteiger partial charge in [-0.15, -0.1) is 0 Å². The maximum atomic E-state index is 12.5. The van der Waals surface area contributed by atoms with Gasteiger partial charge in [0.15, 0.2) is 0 Å². The summed E-state index contributed by atoms with van der Waals surface area (Å²) in [4.78, 5) is 23.5. The Kier molecular flexibility index (Phi) is 5.64. The van der Waals surface area contributed by atoms with Crippen LogP contribution >= 0.6 is 0 Å². The molecular weight excluding hydrogens is 312 g/mol. The van der Waals surface area contributed by atoms with E-state index >= 15 is 0 Å². The number of nitrogens with one attached hydrogen (secondary N) is 1. The Bertz CT molecular complexity index is 696. The zero-order valence-electron chi connectivity index (χ0n) is 15.0. The van der Waals surface area contributed by atoms with Gasteiger partial charge in [0.2, 0.25) is 11.9 Å². The van der Waals surface area contributed by atoms with Gasteiger partial charge in [-0.3, -0.25) is 4.79 Å². The molecule has 0 bridgehead atoms. The number of anilines is 1. The van der Waals surface area contributed by atoms with Crippen molar-refractivity contribution in [3.05, 3.63) is 53.9 Å². The maximum Gasteiger partial charge on any atom is 0.225 e. The van der Waals surface area contributed by atoms with Gasteiger partial charge in [-0.25, -0.2) is 9.97 Å². The lowest BCUT2D eigenvalue weighted by Crippen LogP contribution is -2.42. The SMILES string of the molecule is Cc1ccnc(N2CCC(C(=O)NC[C@@H](C)c3ccccc3)CC2)n1. The third-order valence-corrected chi connectivity index (χ3v) is 4.88. The van der Waals surface area contributed by atoms with Crippen molar-refractivity contribution in [2.75, 3.05) is 24.5 Å². The minimum atomic E-state index is 0.0871. The first-order valence-corrected chi connectivity index (χ1v) is 9.00. The molecule has 1 atom stereocenters. The van der Waals surface area contributed by atoms with E-state index in [1.807, 2.05) is 31.2 Å². The van der Waals surface area contributed by atoms with Gasteiger partial charge < -0.3 is 10.2 Å². The van der Waals surface area contributed by atoms with E-state index in [9.17, 15) is 4.79 Å². The summed E-state index contributed by atoms with van der Waals surface area (Å²) < 4.78 is 0. The molecule has 5 nitrogen and oxygen atoms in total. The Balaban J connectivity index is 1.47. The smallest absolute Gasteiger partial charge is 0.225 e. The molecule has 2 heterocycles. The molecule has 0 radical (unpaired) electrons. The van der Waals surface area contributed by atoms with Gasteiger partial charge in [0.25, 0.3) is 0 Å². The summed E-state index contributed by atoms with van der Waals surface area (Å²) >= 11 is 0. The molecule has 25 heavy (non-hydrogen) atoms. The molecule has 1 aromatic heterocycles. The van der Waals surface area contributed by atoms with Crippen molar-refractivity contribution in [2.24, 2.45) is 5.92 Å². The zero-order valence-corrected chi connectivity index (χ0v) is 15.0. The van der Waals surface area contributed by atoms with Crippen LogP contribution in [-0.2, 0) is 4.79 Å². The number of benzene rings is 1. The third kappa shape index (κ3) is 4.56. The molecule has 5 heteroatoms. The summed E-state index contributed by atoms with van der Waals surface area (Å²) in [5, 5.41) is 3.13. The largest absolute Gasteiger partial charge is 0.355 e. The lowest BCUT2D eigenvalue weighted by atomic mass is 9.95. The molecule has 2 aromatic rings. The lowest BCUT2D eigenvalue weighted by Gasteiger charge is -2.31. The fraction of sp³-hybridized carbons (Fsp3) is 0.450. The number of hydrogen-bond donors (Lipinski definition) is 1. The predicted molar refractivity (Wildman–Crippen MR) is 99.6 cm³/mol. The molecule has 1 saturated heterocycles. The van der Waals surface area contributed by atoms with Crippen LogP contribution in [0, 0.1) is 12.8 Å². The quantitative estimate of drug-likeness (QED) is 0.911. The van der Waals surface area contributed by atoms with Crippen molar-refractivity contribution in [1.29, 1.82) is 0 Å². The highest BCUT2D eigenvalue weighted by Crippen LogP contribution is 2.21. The first kappa shape index (κ1) is 17.4. The number of aromatic nitrogens is 2. The fourth-order valence-electron chi connectivity index (χ4n) is 3.23. The molecule has 0 spiro atoms. The highest BCUT2D eigenvalue weighted by Gasteiger charge is 2.26. The van der Waals surface area contributed by atoms with Crippen LogP contribution in [0.5, 0.6) is 0 Å². The van der Waals surface area contributed by atoms with Crippen LogP contribution in [-0.4, -0.2) is 35.5 Å². The molecule has 3 rings (SSSR count). The van der Waals surface area contributed by atoms with E-state index in [0.717, 1.165) is 37.6 Å². The Morgan fingerprint density at radius 1 is 1.24 bits per heavy atom. The van der Waals surface area contributed by atoms with Crippen molar-refractivity contribution in [1.82, 2.24) is 15.3 Å². The number of nitrogens with zero attached hydrogens (tertiary/aromatic N) is 3. The molecule has 0 saturated carbocycles. The number of aryl methyl sites for hydroxylation is 1. The number of rotatable bonds is 5. The lowest BCUT2D eigenvalue weighted by molar-refractivity contribution is -0.125. The summed E-state index contributed by atoms with van der Waals surface area (Å²) in [6, 6.07) is 12.2. The number of piperidine rings is 1. The third-order valence-electron chi connectivity index (χ3n) is 4.88.